The number of ether oxygens (including phenoxy) is 1. The molecule has 112 valence electrons. The van der Waals surface area contributed by atoms with E-state index in [0.717, 1.165) is 15.7 Å². The number of halogens is 1. The Bertz CT molecular complexity index is 846. The molecule has 3 rings (SSSR count). The van der Waals surface area contributed by atoms with Crippen molar-refractivity contribution in [2.75, 3.05) is 6.61 Å². The summed E-state index contributed by atoms with van der Waals surface area (Å²) >= 11 is 3.51. The van der Waals surface area contributed by atoms with Crippen LogP contribution in [0.1, 0.15) is 23.1 Å². The molecule has 22 heavy (non-hydrogen) atoms. The maximum Gasteiger partial charge on any atom is 0.360 e. The lowest BCUT2D eigenvalue weighted by atomic mass is 10.2. The Morgan fingerprint density at radius 1 is 1.27 bits per heavy atom. The first-order valence-electron chi connectivity index (χ1n) is 6.77. The molecule has 1 aromatic carbocycles. The van der Waals surface area contributed by atoms with Gasteiger partial charge in [0.2, 0.25) is 0 Å². The quantitative estimate of drug-likeness (QED) is 0.671. The van der Waals surface area contributed by atoms with Crippen LogP contribution in [0, 0.1) is 6.92 Å². The Labute approximate surface area is 135 Å². The third-order valence-electron chi connectivity index (χ3n) is 3.23. The molecule has 6 nitrogen and oxygen atoms in total. The predicted molar refractivity (Wildman–Crippen MR) is 84.6 cm³/mol. The molecule has 0 atom stereocenters. The number of esters is 1. The molecule has 2 aromatic heterocycles. The van der Waals surface area contributed by atoms with E-state index in [4.69, 9.17) is 4.74 Å². The zero-order valence-corrected chi connectivity index (χ0v) is 13.7. The van der Waals surface area contributed by atoms with Gasteiger partial charge in [0.05, 0.1) is 16.8 Å². The van der Waals surface area contributed by atoms with Gasteiger partial charge in [-0.3, -0.25) is 0 Å². The molecule has 0 unspecified atom stereocenters. The van der Waals surface area contributed by atoms with Crippen LogP contribution in [-0.4, -0.2) is 32.4 Å². The van der Waals surface area contributed by atoms with E-state index in [1.165, 1.54) is 0 Å². The van der Waals surface area contributed by atoms with E-state index in [9.17, 15) is 4.79 Å². The fourth-order valence-electron chi connectivity index (χ4n) is 2.15. The zero-order valence-electron chi connectivity index (χ0n) is 12.1. The van der Waals surface area contributed by atoms with E-state index < -0.39 is 5.97 Å². The Morgan fingerprint density at radius 3 is 2.68 bits per heavy atom. The number of carbonyl (C=O) groups is 1. The number of carbonyl (C=O) groups excluding carboxylic acids is 1. The molecule has 2 heterocycles. The number of aryl methyl sites for hydroxylation is 1. The monoisotopic (exact) mass is 360 g/mol. The van der Waals surface area contributed by atoms with Crippen LogP contribution in [0.3, 0.4) is 0 Å². The van der Waals surface area contributed by atoms with Crippen molar-refractivity contribution in [2.45, 2.75) is 13.8 Å². The van der Waals surface area contributed by atoms with Gasteiger partial charge in [0.1, 0.15) is 5.69 Å². The Balaban J connectivity index is 2.18. The Kier molecular flexibility index (Phi) is 3.89. The van der Waals surface area contributed by atoms with Gasteiger partial charge < -0.3 is 4.74 Å². The van der Waals surface area contributed by atoms with E-state index in [0.29, 0.717) is 11.3 Å². The molecule has 0 amide bonds. The molecule has 0 radical (unpaired) electrons. The highest BCUT2D eigenvalue weighted by Crippen LogP contribution is 2.30. The van der Waals surface area contributed by atoms with Crippen molar-refractivity contribution in [3.63, 3.8) is 0 Å². The van der Waals surface area contributed by atoms with Gasteiger partial charge in [-0.15, -0.1) is 10.2 Å². The van der Waals surface area contributed by atoms with Crippen molar-refractivity contribution < 1.29 is 9.53 Å². The number of hydrogen-bond acceptors (Lipinski definition) is 5. The molecule has 0 saturated carbocycles. The highest BCUT2D eigenvalue weighted by atomic mass is 79.9. The van der Waals surface area contributed by atoms with Gasteiger partial charge in [-0.1, -0.05) is 30.3 Å². The molecular weight excluding hydrogens is 348 g/mol. The first-order valence-corrected chi connectivity index (χ1v) is 7.56. The van der Waals surface area contributed by atoms with E-state index in [1.54, 1.807) is 18.4 Å². The highest BCUT2D eigenvalue weighted by molar-refractivity contribution is 9.10. The fourth-order valence-corrected chi connectivity index (χ4v) is 2.70. The Hall–Kier alpha value is -2.28. The standard InChI is InChI=1S/C15H13BrN4O2/c1-3-22-15(21)12-9(2)20-14(18-17-12)11(16)13(19-20)10-7-5-4-6-8-10/h4-8H,3H2,1-2H3. The molecule has 0 aliphatic carbocycles. The minimum absolute atomic E-state index is 0.170. The molecule has 0 N–H and O–H groups in total. The highest BCUT2D eigenvalue weighted by Gasteiger charge is 2.20. The van der Waals surface area contributed by atoms with Gasteiger partial charge in [0, 0.05) is 5.56 Å². The summed E-state index contributed by atoms with van der Waals surface area (Å²) in [7, 11) is 0. The van der Waals surface area contributed by atoms with E-state index in [1.807, 2.05) is 30.3 Å². The second-order valence-corrected chi connectivity index (χ2v) is 5.41. The van der Waals surface area contributed by atoms with E-state index in [2.05, 4.69) is 31.2 Å². The van der Waals surface area contributed by atoms with Crippen LogP contribution < -0.4 is 0 Å². The minimum Gasteiger partial charge on any atom is -0.461 e. The van der Waals surface area contributed by atoms with Crippen molar-refractivity contribution in [3.8, 4) is 11.3 Å². The van der Waals surface area contributed by atoms with E-state index in [-0.39, 0.29) is 12.3 Å². The lowest BCUT2D eigenvalue weighted by Gasteiger charge is -2.04. The van der Waals surface area contributed by atoms with Crippen molar-refractivity contribution >= 4 is 27.5 Å². The molecule has 0 saturated heterocycles. The van der Waals surface area contributed by atoms with Crippen molar-refractivity contribution in [3.05, 3.63) is 46.2 Å². The molecular formula is C15H13BrN4O2. The van der Waals surface area contributed by atoms with Gasteiger partial charge in [0.15, 0.2) is 11.3 Å². The largest absolute Gasteiger partial charge is 0.461 e. The summed E-state index contributed by atoms with van der Waals surface area (Å²) in [5.74, 6) is -0.498. The fraction of sp³-hybridized carbons (Fsp3) is 0.200. The average molecular weight is 361 g/mol. The average Bonchev–Trinajstić information content (AvgIpc) is 2.87. The summed E-state index contributed by atoms with van der Waals surface area (Å²) in [6.07, 6.45) is 0. The van der Waals surface area contributed by atoms with Crippen molar-refractivity contribution in [1.29, 1.82) is 0 Å². The summed E-state index contributed by atoms with van der Waals surface area (Å²) in [6, 6.07) is 9.74. The van der Waals surface area contributed by atoms with Crippen LogP contribution in [0.25, 0.3) is 16.9 Å². The third-order valence-corrected chi connectivity index (χ3v) is 3.96. The molecule has 0 bridgehead atoms. The molecule has 3 aromatic rings. The van der Waals surface area contributed by atoms with Gasteiger partial charge >= 0.3 is 5.97 Å². The van der Waals surface area contributed by atoms with Crippen LogP contribution in [0.4, 0.5) is 0 Å². The van der Waals surface area contributed by atoms with Crippen molar-refractivity contribution in [1.82, 2.24) is 19.8 Å². The maximum atomic E-state index is 11.9. The predicted octanol–water partition coefficient (Wildman–Crippen LogP) is 3.04. The summed E-state index contributed by atoms with van der Waals surface area (Å²) < 4.78 is 7.33. The number of aromatic nitrogens is 4. The van der Waals surface area contributed by atoms with Crippen LogP contribution in [0.2, 0.25) is 0 Å². The van der Waals surface area contributed by atoms with Crippen LogP contribution in [-0.2, 0) is 4.74 Å². The second kappa shape index (κ2) is 5.84. The smallest absolute Gasteiger partial charge is 0.360 e. The number of benzene rings is 1. The normalized spacial score (nSPS) is 10.9. The summed E-state index contributed by atoms with van der Waals surface area (Å²) in [4.78, 5) is 11.9. The van der Waals surface area contributed by atoms with Gasteiger partial charge in [-0.2, -0.15) is 5.10 Å². The number of hydrogen-bond donors (Lipinski definition) is 0. The summed E-state index contributed by atoms with van der Waals surface area (Å²) in [5, 5.41) is 12.6. The summed E-state index contributed by atoms with van der Waals surface area (Å²) in [6.45, 7) is 3.80. The van der Waals surface area contributed by atoms with Gasteiger partial charge in [-0.05, 0) is 29.8 Å². The lowest BCUT2D eigenvalue weighted by Crippen LogP contribution is -2.14. The van der Waals surface area contributed by atoms with E-state index >= 15 is 0 Å². The second-order valence-electron chi connectivity index (χ2n) is 4.62. The number of fused-ring (bicyclic) bond motifs is 1. The van der Waals surface area contributed by atoms with Crippen LogP contribution in [0.15, 0.2) is 34.8 Å². The zero-order chi connectivity index (χ0) is 15.7. The summed E-state index contributed by atoms with van der Waals surface area (Å²) in [5.41, 5.74) is 3.02. The number of rotatable bonds is 3. The maximum absolute atomic E-state index is 11.9. The van der Waals surface area contributed by atoms with Crippen LogP contribution in [0.5, 0.6) is 0 Å². The molecule has 0 fully saturated rings. The third kappa shape index (κ3) is 2.37. The molecule has 0 spiro atoms. The number of nitrogens with zero attached hydrogens (tertiary/aromatic N) is 4. The Morgan fingerprint density at radius 2 is 2.00 bits per heavy atom. The molecule has 0 aliphatic heterocycles. The molecule has 7 heteroatoms. The van der Waals surface area contributed by atoms with Crippen molar-refractivity contribution in [2.24, 2.45) is 0 Å². The first-order chi connectivity index (χ1) is 10.6. The molecule has 0 aliphatic rings. The van der Waals surface area contributed by atoms with Gasteiger partial charge in [-0.25, -0.2) is 9.31 Å². The topological polar surface area (TPSA) is 69.4 Å². The lowest BCUT2D eigenvalue weighted by molar-refractivity contribution is 0.0516. The van der Waals surface area contributed by atoms with Crippen LogP contribution >= 0.6 is 15.9 Å². The van der Waals surface area contributed by atoms with Gasteiger partial charge in [0.25, 0.3) is 0 Å². The SMILES string of the molecule is CCOC(=O)c1nnc2c(Br)c(-c3ccccc3)nn2c1C. The minimum atomic E-state index is -0.498. The first kappa shape index (κ1) is 14.6.